The van der Waals surface area contributed by atoms with Gasteiger partial charge >= 0.3 is 0 Å². The standard InChI is InChI=1S/C22H22N4O3/c27-18-3-1-4-19(18)29-21-20-16(9-11-23-21)14-25(22(20)28)13-15-5-7-17(8-6-15)26-12-2-10-24-26/h2,5-12,18-19,27H,1,3-4,13-14H2. The van der Waals surface area contributed by atoms with Gasteiger partial charge < -0.3 is 14.7 Å². The van der Waals surface area contributed by atoms with Crippen LogP contribution >= 0.6 is 0 Å². The molecule has 2 aromatic heterocycles. The minimum atomic E-state index is -0.492. The molecule has 148 valence electrons. The van der Waals surface area contributed by atoms with Crippen molar-refractivity contribution in [3.8, 4) is 11.6 Å². The van der Waals surface area contributed by atoms with E-state index in [1.807, 2.05) is 42.6 Å². The lowest BCUT2D eigenvalue weighted by atomic mass is 10.1. The van der Waals surface area contributed by atoms with Crippen LogP contribution in [0.2, 0.25) is 0 Å². The van der Waals surface area contributed by atoms with Gasteiger partial charge in [-0.05, 0) is 54.7 Å². The molecule has 0 radical (unpaired) electrons. The number of hydrogen-bond acceptors (Lipinski definition) is 5. The molecule has 3 aromatic rings. The average molecular weight is 390 g/mol. The van der Waals surface area contributed by atoms with E-state index in [-0.39, 0.29) is 12.0 Å². The quantitative estimate of drug-likeness (QED) is 0.725. The number of benzene rings is 1. The van der Waals surface area contributed by atoms with Gasteiger partial charge in [-0.2, -0.15) is 5.10 Å². The summed E-state index contributed by atoms with van der Waals surface area (Å²) in [5, 5.41) is 14.3. The zero-order valence-electron chi connectivity index (χ0n) is 15.9. The molecular formula is C22H22N4O3. The predicted octanol–water partition coefficient (Wildman–Crippen LogP) is 2.72. The van der Waals surface area contributed by atoms with Crippen molar-refractivity contribution in [1.29, 1.82) is 0 Å². The minimum absolute atomic E-state index is 0.0771. The first kappa shape index (κ1) is 17.9. The van der Waals surface area contributed by atoms with E-state index < -0.39 is 6.10 Å². The largest absolute Gasteiger partial charge is 0.471 e. The normalized spacial score (nSPS) is 20.9. The Morgan fingerprint density at radius 2 is 2.00 bits per heavy atom. The highest BCUT2D eigenvalue weighted by atomic mass is 16.5. The summed E-state index contributed by atoms with van der Waals surface area (Å²) in [6, 6.07) is 11.8. The summed E-state index contributed by atoms with van der Waals surface area (Å²) < 4.78 is 7.74. The third-order valence-electron chi connectivity index (χ3n) is 5.62. The molecule has 1 saturated carbocycles. The highest BCUT2D eigenvalue weighted by Crippen LogP contribution is 2.33. The molecule has 1 aromatic carbocycles. The Morgan fingerprint density at radius 1 is 1.14 bits per heavy atom. The molecule has 0 bridgehead atoms. The number of carbonyl (C=O) groups excluding carboxylic acids is 1. The topological polar surface area (TPSA) is 80.5 Å². The van der Waals surface area contributed by atoms with E-state index in [4.69, 9.17) is 4.74 Å². The van der Waals surface area contributed by atoms with Gasteiger partial charge in [-0.1, -0.05) is 12.1 Å². The van der Waals surface area contributed by atoms with Crippen LogP contribution in [0.25, 0.3) is 5.69 Å². The third-order valence-corrected chi connectivity index (χ3v) is 5.62. The Balaban J connectivity index is 1.32. The number of aliphatic hydroxyl groups excluding tert-OH is 1. The fourth-order valence-electron chi connectivity index (χ4n) is 4.08. The van der Waals surface area contributed by atoms with Crippen molar-refractivity contribution in [2.24, 2.45) is 0 Å². The lowest BCUT2D eigenvalue weighted by Crippen LogP contribution is -2.27. The van der Waals surface area contributed by atoms with Crippen molar-refractivity contribution < 1.29 is 14.6 Å². The van der Waals surface area contributed by atoms with Crippen molar-refractivity contribution in [2.75, 3.05) is 0 Å². The third kappa shape index (κ3) is 3.38. The molecule has 2 aliphatic rings. The SMILES string of the molecule is O=C1c2c(ccnc2OC2CCCC2O)CN1Cc1ccc(-n2cccn2)cc1. The fraction of sp³-hybridized carbons (Fsp3) is 0.318. The summed E-state index contributed by atoms with van der Waals surface area (Å²) >= 11 is 0. The van der Waals surface area contributed by atoms with Gasteiger partial charge in [0, 0.05) is 31.7 Å². The second-order valence-corrected chi connectivity index (χ2v) is 7.58. The van der Waals surface area contributed by atoms with Gasteiger partial charge in [0.15, 0.2) is 0 Å². The molecule has 2 atom stereocenters. The van der Waals surface area contributed by atoms with Crippen LogP contribution in [0.15, 0.2) is 55.0 Å². The molecule has 7 heteroatoms. The minimum Gasteiger partial charge on any atom is -0.471 e. The van der Waals surface area contributed by atoms with Crippen molar-refractivity contribution in [3.05, 3.63) is 71.7 Å². The lowest BCUT2D eigenvalue weighted by Gasteiger charge is -2.18. The molecule has 1 N–H and O–H groups in total. The van der Waals surface area contributed by atoms with E-state index >= 15 is 0 Å². The lowest BCUT2D eigenvalue weighted by molar-refractivity contribution is 0.0553. The molecule has 1 aliphatic carbocycles. The highest BCUT2D eigenvalue weighted by Gasteiger charge is 2.34. The van der Waals surface area contributed by atoms with E-state index in [2.05, 4.69) is 10.1 Å². The zero-order valence-corrected chi connectivity index (χ0v) is 15.9. The highest BCUT2D eigenvalue weighted by molar-refractivity contribution is 6.00. The Kier molecular flexibility index (Phi) is 4.52. The number of amides is 1. The summed E-state index contributed by atoms with van der Waals surface area (Å²) in [6.07, 6.45) is 6.97. The van der Waals surface area contributed by atoms with Crippen LogP contribution in [0.4, 0.5) is 0 Å². The zero-order chi connectivity index (χ0) is 19.8. The molecule has 1 amide bonds. The molecule has 1 aliphatic heterocycles. The molecule has 29 heavy (non-hydrogen) atoms. The Hall–Kier alpha value is -3.19. The van der Waals surface area contributed by atoms with Crippen LogP contribution in [-0.2, 0) is 13.1 Å². The summed E-state index contributed by atoms with van der Waals surface area (Å²) in [6.45, 7) is 1.04. The van der Waals surface area contributed by atoms with Gasteiger partial charge in [0.2, 0.25) is 5.88 Å². The molecule has 3 heterocycles. The fourth-order valence-corrected chi connectivity index (χ4v) is 4.08. The van der Waals surface area contributed by atoms with E-state index in [0.29, 0.717) is 24.5 Å². The molecule has 2 unspecified atom stereocenters. The molecule has 5 rings (SSSR count). The van der Waals surface area contributed by atoms with Crippen LogP contribution < -0.4 is 4.74 Å². The van der Waals surface area contributed by atoms with Crippen molar-refractivity contribution in [3.63, 3.8) is 0 Å². The second-order valence-electron chi connectivity index (χ2n) is 7.58. The maximum absolute atomic E-state index is 13.1. The molecular weight excluding hydrogens is 368 g/mol. The number of ether oxygens (including phenoxy) is 1. The van der Waals surface area contributed by atoms with Crippen LogP contribution in [-0.4, -0.2) is 42.9 Å². The number of hydrogen-bond donors (Lipinski definition) is 1. The number of aromatic nitrogens is 3. The van der Waals surface area contributed by atoms with Crippen LogP contribution in [0.1, 0.15) is 40.7 Å². The number of pyridine rings is 1. The summed E-state index contributed by atoms with van der Waals surface area (Å²) in [4.78, 5) is 19.1. The number of carbonyl (C=O) groups is 1. The van der Waals surface area contributed by atoms with Crippen LogP contribution in [0, 0.1) is 0 Å². The van der Waals surface area contributed by atoms with E-state index in [9.17, 15) is 9.90 Å². The maximum Gasteiger partial charge on any atom is 0.260 e. The Labute approximate surface area is 168 Å². The van der Waals surface area contributed by atoms with Gasteiger partial charge in [-0.25, -0.2) is 9.67 Å². The predicted molar refractivity (Wildman–Crippen MR) is 106 cm³/mol. The van der Waals surface area contributed by atoms with Crippen molar-refractivity contribution in [1.82, 2.24) is 19.7 Å². The van der Waals surface area contributed by atoms with E-state index in [0.717, 1.165) is 36.1 Å². The number of aliphatic hydroxyl groups is 1. The first-order chi connectivity index (χ1) is 14.2. The van der Waals surface area contributed by atoms with Crippen LogP contribution in [0.3, 0.4) is 0 Å². The van der Waals surface area contributed by atoms with Crippen molar-refractivity contribution in [2.45, 2.75) is 44.6 Å². The van der Waals surface area contributed by atoms with Gasteiger partial charge in [-0.15, -0.1) is 0 Å². The molecule has 1 fully saturated rings. The first-order valence-corrected chi connectivity index (χ1v) is 9.90. The summed E-state index contributed by atoms with van der Waals surface area (Å²) in [5.41, 5.74) is 3.47. The number of rotatable bonds is 5. The van der Waals surface area contributed by atoms with E-state index in [1.54, 1.807) is 22.0 Å². The molecule has 0 spiro atoms. The van der Waals surface area contributed by atoms with Gasteiger partial charge in [-0.3, -0.25) is 4.79 Å². The van der Waals surface area contributed by atoms with Gasteiger partial charge in [0.1, 0.15) is 11.7 Å². The Bertz CT molecular complexity index is 1020. The van der Waals surface area contributed by atoms with Crippen LogP contribution in [0.5, 0.6) is 5.88 Å². The Morgan fingerprint density at radius 3 is 2.72 bits per heavy atom. The average Bonchev–Trinajstić information content (AvgIpc) is 3.46. The smallest absolute Gasteiger partial charge is 0.260 e. The van der Waals surface area contributed by atoms with E-state index in [1.165, 1.54) is 0 Å². The van der Waals surface area contributed by atoms with Gasteiger partial charge in [0.05, 0.1) is 11.8 Å². The maximum atomic E-state index is 13.1. The molecule has 0 saturated heterocycles. The first-order valence-electron chi connectivity index (χ1n) is 9.90. The number of nitrogens with zero attached hydrogens (tertiary/aromatic N) is 4. The molecule has 7 nitrogen and oxygen atoms in total. The van der Waals surface area contributed by atoms with Gasteiger partial charge in [0.25, 0.3) is 5.91 Å². The number of fused-ring (bicyclic) bond motifs is 1. The van der Waals surface area contributed by atoms with Crippen molar-refractivity contribution >= 4 is 5.91 Å². The second kappa shape index (κ2) is 7.33. The monoisotopic (exact) mass is 390 g/mol. The summed E-state index contributed by atoms with van der Waals surface area (Å²) in [7, 11) is 0. The summed E-state index contributed by atoms with van der Waals surface area (Å²) in [5.74, 6) is 0.265.